The molecule has 0 amide bonds. The number of hydrogen-bond acceptors (Lipinski definition) is 11. The molecule has 0 aromatic carbocycles. The van der Waals surface area contributed by atoms with E-state index in [1.165, 1.54) is 0 Å². The number of carbonyl (C=O) groups is 4. The van der Waals surface area contributed by atoms with Gasteiger partial charge >= 0.3 is 23.9 Å². The molecule has 148 valence electrons. The normalized spacial score (nSPS) is 25.6. The van der Waals surface area contributed by atoms with Gasteiger partial charge in [-0.1, -0.05) is 0 Å². The fraction of sp³-hybridized carbons (Fsp3) is 0.600. The van der Waals surface area contributed by atoms with Crippen LogP contribution in [0.1, 0.15) is 41.7 Å². The third kappa shape index (κ3) is 5.00. The number of esters is 4. The molecular weight excluding hydrogens is 366 g/mol. The van der Waals surface area contributed by atoms with Crippen molar-refractivity contribution in [2.24, 2.45) is 0 Å². The number of hydrogen-bond donors (Lipinski definition) is 0. The third-order valence-electron chi connectivity index (χ3n) is 3.37. The van der Waals surface area contributed by atoms with Crippen molar-refractivity contribution < 1.29 is 47.0 Å². The van der Waals surface area contributed by atoms with Crippen molar-refractivity contribution >= 4 is 23.9 Å². The van der Waals surface area contributed by atoms with Crippen LogP contribution >= 0.6 is 0 Å². The second-order valence-electron chi connectivity index (χ2n) is 5.20. The van der Waals surface area contributed by atoms with Crippen LogP contribution in [-0.4, -0.2) is 70.7 Å². The van der Waals surface area contributed by atoms with Gasteiger partial charge in [0.25, 0.3) is 5.82 Å². The van der Waals surface area contributed by atoms with Gasteiger partial charge in [-0.3, -0.25) is 14.4 Å². The van der Waals surface area contributed by atoms with Crippen molar-refractivity contribution in [1.29, 1.82) is 0 Å². The summed E-state index contributed by atoms with van der Waals surface area (Å²) in [5.41, 5.74) is 0. The zero-order valence-electron chi connectivity index (χ0n) is 17.2. The third-order valence-corrected chi connectivity index (χ3v) is 3.37. The molecular formula is C15H19N3O9. The molecule has 27 heavy (non-hydrogen) atoms. The second kappa shape index (κ2) is 8.58. The number of carbonyl (C=O) groups excluding carboxylic acids is 4. The zero-order chi connectivity index (χ0) is 22.3. The quantitative estimate of drug-likeness (QED) is 0.454. The van der Waals surface area contributed by atoms with E-state index in [4.69, 9.17) is 23.1 Å². The van der Waals surface area contributed by atoms with Gasteiger partial charge in [-0.2, -0.15) is 0 Å². The first-order chi connectivity index (χ1) is 14.3. The Bertz CT molecular complexity index is 790. The Balaban J connectivity index is 2.35. The van der Waals surface area contributed by atoms with Crippen LogP contribution in [0.5, 0.6) is 0 Å². The lowest BCUT2D eigenvalue weighted by atomic mass is 10.1. The predicted molar refractivity (Wildman–Crippen MR) is 83.0 cm³/mol. The Morgan fingerprint density at radius 2 is 1.81 bits per heavy atom. The molecule has 1 fully saturated rings. The highest BCUT2D eigenvalue weighted by atomic mass is 16.7. The minimum atomic E-state index is -1.36. The van der Waals surface area contributed by atoms with Gasteiger partial charge in [-0.15, -0.1) is 5.10 Å². The molecule has 0 bridgehead atoms. The molecule has 0 radical (unpaired) electrons. The minimum absolute atomic E-state index is 0.324. The lowest BCUT2D eigenvalue weighted by Gasteiger charge is -2.23. The molecule has 12 nitrogen and oxygen atoms in total. The first-order valence-corrected chi connectivity index (χ1v) is 7.41. The number of rotatable bonds is 6. The van der Waals surface area contributed by atoms with Crippen molar-refractivity contribution in [3.63, 3.8) is 0 Å². The summed E-state index contributed by atoms with van der Waals surface area (Å²) in [5, 5.41) is 3.88. The van der Waals surface area contributed by atoms with Gasteiger partial charge in [0.05, 0.1) is 7.11 Å². The predicted octanol–water partition coefficient (Wildman–Crippen LogP) is -0.611. The molecule has 0 aliphatic carbocycles. The van der Waals surface area contributed by atoms with E-state index in [0.29, 0.717) is 0 Å². The van der Waals surface area contributed by atoms with Gasteiger partial charge in [0.15, 0.2) is 18.4 Å². The van der Waals surface area contributed by atoms with Crippen molar-refractivity contribution in [2.45, 2.75) is 45.2 Å². The van der Waals surface area contributed by atoms with Crippen LogP contribution in [-0.2, 0) is 38.1 Å². The minimum Gasteiger partial charge on any atom is -0.463 e. The molecule has 1 aliphatic rings. The number of aromatic nitrogens is 3. The molecule has 0 saturated carbocycles. The summed E-state index contributed by atoms with van der Waals surface area (Å²) in [6.45, 7) is -2.60. The van der Waals surface area contributed by atoms with Gasteiger partial charge in [0.2, 0.25) is 0 Å². The van der Waals surface area contributed by atoms with Gasteiger partial charge in [0, 0.05) is 24.8 Å². The molecule has 1 aliphatic heterocycles. The van der Waals surface area contributed by atoms with E-state index in [9.17, 15) is 19.2 Å². The van der Waals surface area contributed by atoms with Crippen molar-refractivity contribution in [3.05, 3.63) is 12.2 Å². The molecule has 0 spiro atoms. The van der Waals surface area contributed by atoms with E-state index in [0.717, 1.165) is 18.1 Å². The monoisotopic (exact) mass is 388 g/mol. The largest absolute Gasteiger partial charge is 0.463 e. The molecule has 12 heteroatoms. The van der Waals surface area contributed by atoms with E-state index in [2.05, 4.69) is 14.8 Å². The highest BCUT2D eigenvalue weighted by Gasteiger charge is 2.51. The molecule has 2 heterocycles. The second-order valence-corrected chi connectivity index (χ2v) is 5.20. The van der Waals surface area contributed by atoms with Gasteiger partial charge in [0.1, 0.15) is 19.0 Å². The first kappa shape index (κ1) is 16.2. The van der Waals surface area contributed by atoms with Crippen LogP contribution in [0.25, 0.3) is 0 Å². The average Bonchev–Trinajstić information content (AvgIpc) is 3.36. The molecule has 1 aromatic heterocycles. The lowest BCUT2D eigenvalue weighted by Crippen LogP contribution is -2.40. The standard InChI is InChI=1S/C15H19N3O9/c1-7(19)24-5-10-11(25-8(2)20)12(26-9(3)21)14(27-10)18-6-16-13(17-18)15(22)23-4/h6,10-12,14H,5H2,1-4H3/t10-,11-,12-,14?/m1/s1/i1D,2D,3D. The van der Waals surface area contributed by atoms with Crippen LogP contribution in [0.2, 0.25) is 0 Å². The van der Waals surface area contributed by atoms with Crippen molar-refractivity contribution in [3.8, 4) is 0 Å². The Morgan fingerprint density at radius 1 is 1.15 bits per heavy atom. The van der Waals surface area contributed by atoms with E-state index >= 15 is 0 Å². The van der Waals surface area contributed by atoms with E-state index in [1.807, 2.05) is 0 Å². The lowest BCUT2D eigenvalue weighted by molar-refractivity contribution is -0.166. The maximum atomic E-state index is 11.8. The Kier molecular flexibility index (Phi) is 5.14. The number of methoxy groups -OCH3 is 1. The van der Waals surface area contributed by atoms with Crippen LogP contribution in [0, 0.1) is 0 Å². The maximum absolute atomic E-state index is 11.8. The fourth-order valence-electron chi connectivity index (χ4n) is 2.38. The van der Waals surface area contributed by atoms with Gasteiger partial charge in [-0.05, 0) is 0 Å². The molecule has 2 rings (SSSR count). The summed E-state index contributed by atoms with van der Waals surface area (Å²) >= 11 is 0. The molecule has 4 atom stereocenters. The van der Waals surface area contributed by atoms with Crippen LogP contribution in [0.4, 0.5) is 0 Å². The summed E-state index contributed by atoms with van der Waals surface area (Å²) in [6.07, 6.45) is -4.03. The summed E-state index contributed by atoms with van der Waals surface area (Å²) in [6, 6.07) is 0. The Labute approximate surface area is 157 Å². The Morgan fingerprint density at radius 3 is 2.44 bits per heavy atom. The van der Waals surface area contributed by atoms with Crippen LogP contribution in [0.3, 0.4) is 0 Å². The zero-order valence-corrected chi connectivity index (χ0v) is 14.2. The van der Waals surface area contributed by atoms with E-state index in [1.54, 1.807) is 0 Å². The highest BCUT2D eigenvalue weighted by Crippen LogP contribution is 2.34. The number of nitrogens with zero attached hydrogens (tertiary/aromatic N) is 3. The molecule has 1 unspecified atom stereocenters. The summed E-state index contributed by atoms with van der Waals surface area (Å²) in [4.78, 5) is 50.1. The van der Waals surface area contributed by atoms with Crippen molar-refractivity contribution in [1.82, 2.24) is 14.8 Å². The van der Waals surface area contributed by atoms with E-state index < -0.39 is 75.7 Å². The van der Waals surface area contributed by atoms with Gasteiger partial charge < -0.3 is 23.7 Å². The van der Waals surface area contributed by atoms with Gasteiger partial charge in [-0.25, -0.2) is 14.5 Å². The molecule has 0 N–H and O–H groups in total. The highest BCUT2D eigenvalue weighted by molar-refractivity contribution is 5.84. The summed E-state index contributed by atoms with van der Waals surface area (Å²) in [7, 11) is 1.13. The first-order valence-electron chi connectivity index (χ1n) is 9.53. The average molecular weight is 388 g/mol. The van der Waals surface area contributed by atoms with Crippen LogP contribution < -0.4 is 0 Å². The number of ether oxygens (including phenoxy) is 5. The summed E-state index contributed by atoms with van der Waals surface area (Å²) in [5.74, 6) is -3.99. The Hall–Kier alpha value is -3.02. The van der Waals surface area contributed by atoms with E-state index in [-0.39, 0.29) is 5.82 Å². The molecule has 1 aromatic rings. The molecule has 1 saturated heterocycles. The van der Waals surface area contributed by atoms with Crippen molar-refractivity contribution in [2.75, 3.05) is 13.7 Å². The fourth-order valence-corrected chi connectivity index (χ4v) is 2.38. The SMILES string of the molecule is [2H]CC(=O)OC[C@H]1OC(n2cnc(C(=O)OC)n2)[C@H](OC(=O)C[2H])[C@@H]1OC(=O)C[2H]. The maximum Gasteiger partial charge on any atom is 0.377 e. The summed E-state index contributed by atoms with van der Waals surface area (Å²) < 4.78 is 47.6. The van der Waals surface area contributed by atoms with Crippen LogP contribution in [0.15, 0.2) is 6.33 Å². The smallest absolute Gasteiger partial charge is 0.377 e. The topological polar surface area (TPSA) is 145 Å².